The topological polar surface area (TPSA) is 94.8 Å². The summed E-state index contributed by atoms with van der Waals surface area (Å²) >= 11 is 0. The van der Waals surface area contributed by atoms with Crippen LogP contribution in [0.15, 0.2) is 55.0 Å². The van der Waals surface area contributed by atoms with Gasteiger partial charge in [-0.15, -0.1) is 0 Å². The van der Waals surface area contributed by atoms with Gasteiger partial charge in [-0.2, -0.15) is 5.10 Å². The second kappa shape index (κ2) is 9.85. The van der Waals surface area contributed by atoms with Crippen LogP contribution in [0.5, 0.6) is 11.5 Å². The molecule has 0 aliphatic rings. The minimum atomic E-state index is -0.712. The third kappa shape index (κ3) is 5.05. The molecule has 0 fully saturated rings. The Morgan fingerprint density at radius 2 is 1.73 bits per heavy atom. The van der Waals surface area contributed by atoms with Crippen LogP contribution in [0, 0.1) is 0 Å². The smallest absolute Gasteiger partial charge is 0.124 e. The predicted octanol–water partition coefficient (Wildman–Crippen LogP) is 3.19. The van der Waals surface area contributed by atoms with E-state index in [0.717, 1.165) is 33.7 Å². The fourth-order valence-corrected chi connectivity index (χ4v) is 3.62. The lowest BCUT2D eigenvalue weighted by atomic mass is 10.1. The molecule has 1 N–H and O–H groups in total. The molecule has 33 heavy (non-hydrogen) atoms. The Morgan fingerprint density at radius 3 is 2.36 bits per heavy atom. The number of hydrogen-bond acceptors (Lipinski definition) is 8. The van der Waals surface area contributed by atoms with Gasteiger partial charge in [-0.05, 0) is 18.2 Å². The number of ether oxygens (including phenoxy) is 3. The van der Waals surface area contributed by atoms with Gasteiger partial charge in [-0.25, -0.2) is 4.98 Å². The van der Waals surface area contributed by atoms with Crippen LogP contribution in [0.4, 0.5) is 11.4 Å². The zero-order chi connectivity index (χ0) is 23.4. The molecule has 0 saturated carbocycles. The molecule has 0 spiro atoms. The molecule has 0 bridgehead atoms. The van der Waals surface area contributed by atoms with Crippen LogP contribution in [0.1, 0.15) is 0 Å². The minimum absolute atomic E-state index is 0.205. The van der Waals surface area contributed by atoms with E-state index in [1.165, 1.54) is 0 Å². The van der Waals surface area contributed by atoms with E-state index in [1.54, 1.807) is 44.5 Å². The summed E-state index contributed by atoms with van der Waals surface area (Å²) in [4.78, 5) is 11.3. The molecule has 0 radical (unpaired) electrons. The van der Waals surface area contributed by atoms with Gasteiger partial charge in [0.05, 0.1) is 62.6 Å². The van der Waals surface area contributed by atoms with Gasteiger partial charge in [0, 0.05) is 55.5 Å². The highest BCUT2D eigenvalue weighted by Crippen LogP contribution is 2.34. The number of nitrogens with zero attached hydrogens (tertiary/aromatic N) is 5. The van der Waals surface area contributed by atoms with E-state index >= 15 is 0 Å². The lowest BCUT2D eigenvalue weighted by Crippen LogP contribution is -2.31. The Bertz CT molecular complexity index is 1220. The van der Waals surface area contributed by atoms with Gasteiger partial charge in [-0.3, -0.25) is 9.67 Å². The first kappa shape index (κ1) is 22.5. The summed E-state index contributed by atoms with van der Waals surface area (Å²) in [6, 6.07) is 11.4. The first-order valence-corrected chi connectivity index (χ1v) is 10.4. The summed E-state index contributed by atoms with van der Waals surface area (Å²) in [5.74, 6) is 1.30. The lowest BCUT2D eigenvalue weighted by molar-refractivity contribution is 0.0702. The largest absolute Gasteiger partial charge is 0.497 e. The van der Waals surface area contributed by atoms with Crippen molar-refractivity contribution in [3.8, 4) is 22.8 Å². The van der Waals surface area contributed by atoms with E-state index in [-0.39, 0.29) is 6.61 Å². The van der Waals surface area contributed by atoms with E-state index in [2.05, 4.69) is 10.1 Å². The van der Waals surface area contributed by atoms with Crippen molar-refractivity contribution >= 4 is 22.4 Å². The molecule has 2 aromatic heterocycles. The Kier molecular flexibility index (Phi) is 6.71. The number of aryl methyl sites for hydroxylation is 1. The van der Waals surface area contributed by atoms with Crippen molar-refractivity contribution in [1.29, 1.82) is 0 Å². The van der Waals surface area contributed by atoms with Crippen molar-refractivity contribution in [2.45, 2.75) is 6.10 Å². The molecule has 9 heteroatoms. The minimum Gasteiger partial charge on any atom is -0.497 e. The van der Waals surface area contributed by atoms with Crippen LogP contribution in [-0.2, 0) is 11.8 Å². The highest BCUT2D eigenvalue weighted by Gasteiger charge is 2.18. The molecule has 0 amide bonds. The Labute approximate surface area is 192 Å². The summed E-state index contributed by atoms with van der Waals surface area (Å²) in [5.41, 5.74) is 4.77. The SMILES string of the molecule is COC[C@@H](O)CN(c1cc(OC)cc(OC)c1)c1ccc2ncc(-c3cnn(C)c3)nc2c1. The number of anilines is 2. The Balaban J connectivity index is 1.79. The van der Waals surface area contributed by atoms with Gasteiger partial charge < -0.3 is 24.2 Å². The zero-order valence-electron chi connectivity index (χ0n) is 19.1. The molecule has 2 aromatic carbocycles. The standard InChI is InChI=1S/C24H27N5O4/c1-28-13-16(11-26-28)24-12-25-22-6-5-17(9-23(22)27-24)29(14-19(30)15-31-2)18-7-20(32-3)10-21(8-18)33-4/h5-13,19,30H,14-15H2,1-4H3/t19-/m0/s1. The summed E-state index contributed by atoms with van der Waals surface area (Å²) in [6.45, 7) is 0.502. The number of rotatable bonds is 9. The van der Waals surface area contributed by atoms with E-state index in [9.17, 15) is 5.11 Å². The maximum absolute atomic E-state index is 10.5. The van der Waals surface area contributed by atoms with Gasteiger partial charge >= 0.3 is 0 Å². The molecule has 1 atom stereocenters. The second-order valence-corrected chi connectivity index (χ2v) is 7.62. The Hall–Kier alpha value is -3.69. The molecule has 4 rings (SSSR count). The number of benzene rings is 2. The number of aromatic nitrogens is 4. The third-order valence-electron chi connectivity index (χ3n) is 5.24. The van der Waals surface area contributed by atoms with Crippen molar-refractivity contribution in [3.05, 3.63) is 55.0 Å². The van der Waals surface area contributed by atoms with Crippen LogP contribution >= 0.6 is 0 Å². The normalized spacial score (nSPS) is 12.0. The quantitative estimate of drug-likeness (QED) is 0.416. The lowest BCUT2D eigenvalue weighted by Gasteiger charge is -2.28. The van der Waals surface area contributed by atoms with E-state index in [1.807, 2.05) is 48.5 Å². The van der Waals surface area contributed by atoms with Crippen LogP contribution in [0.2, 0.25) is 0 Å². The Morgan fingerprint density at radius 1 is 0.970 bits per heavy atom. The fourth-order valence-electron chi connectivity index (χ4n) is 3.62. The number of methoxy groups -OCH3 is 3. The molecular formula is C24H27N5O4. The highest BCUT2D eigenvalue weighted by atomic mass is 16.5. The average Bonchev–Trinajstić information content (AvgIpc) is 3.27. The summed E-state index contributed by atoms with van der Waals surface area (Å²) in [5, 5.41) is 14.8. The number of aliphatic hydroxyl groups is 1. The molecule has 172 valence electrons. The molecule has 9 nitrogen and oxygen atoms in total. The van der Waals surface area contributed by atoms with Gasteiger partial charge in [0.2, 0.25) is 0 Å². The fraction of sp³-hybridized carbons (Fsp3) is 0.292. The average molecular weight is 450 g/mol. The predicted molar refractivity (Wildman–Crippen MR) is 126 cm³/mol. The molecule has 0 unspecified atom stereocenters. The molecule has 0 saturated heterocycles. The maximum atomic E-state index is 10.5. The van der Waals surface area contributed by atoms with Crippen molar-refractivity contribution in [2.24, 2.45) is 7.05 Å². The zero-order valence-corrected chi connectivity index (χ0v) is 19.1. The first-order valence-electron chi connectivity index (χ1n) is 10.4. The van der Waals surface area contributed by atoms with Crippen LogP contribution in [0.3, 0.4) is 0 Å². The van der Waals surface area contributed by atoms with Crippen LogP contribution < -0.4 is 14.4 Å². The van der Waals surface area contributed by atoms with E-state index in [0.29, 0.717) is 18.0 Å². The van der Waals surface area contributed by atoms with E-state index in [4.69, 9.17) is 19.2 Å². The van der Waals surface area contributed by atoms with Crippen LogP contribution in [0.25, 0.3) is 22.3 Å². The van der Waals surface area contributed by atoms with Crippen molar-refractivity contribution in [1.82, 2.24) is 19.7 Å². The van der Waals surface area contributed by atoms with Gasteiger partial charge in [0.15, 0.2) is 0 Å². The maximum Gasteiger partial charge on any atom is 0.124 e. The molecule has 0 aliphatic heterocycles. The summed E-state index contributed by atoms with van der Waals surface area (Å²) in [7, 11) is 6.64. The summed E-state index contributed by atoms with van der Waals surface area (Å²) in [6.07, 6.45) is 4.69. The molecule has 2 heterocycles. The van der Waals surface area contributed by atoms with Gasteiger partial charge in [0.25, 0.3) is 0 Å². The number of hydrogen-bond donors (Lipinski definition) is 1. The van der Waals surface area contributed by atoms with Crippen molar-refractivity contribution < 1.29 is 19.3 Å². The third-order valence-corrected chi connectivity index (χ3v) is 5.24. The summed E-state index contributed by atoms with van der Waals surface area (Å²) < 4.78 is 17.8. The molecular weight excluding hydrogens is 422 g/mol. The van der Waals surface area contributed by atoms with Crippen LogP contribution in [-0.4, -0.2) is 65.4 Å². The van der Waals surface area contributed by atoms with Crippen molar-refractivity contribution in [2.75, 3.05) is 39.4 Å². The second-order valence-electron chi connectivity index (χ2n) is 7.62. The first-order chi connectivity index (χ1) is 16.0. The van der Waals surface area contributed by atoms with E-state index < -0.39 is 6.10 Å². The highest BCUT2D eigenvalue weighted by molar-refractivity contribution is 5.82. The monoisotopic (exact) mass is 449 g/mol. The van der Waals surface area contributed by atoms with Gasteiger partial charge in [-0.1, -0.05) is 0 Å². The van der Waals surface area contributed by atoms with Crippen molar-refractivity contribution in [3.63, 3.8) is 0 Å². The molecule has 4 aromatic rings. The van der Waals surface area contributed by atoms with Gasteiger partial charge in [0.1, 0.15) is 11.5 Å². The number of aliphatic hydroxyl groups excluding tert-OH is 1. The number of fused-ring (bicyclic) bond motifs is 1. The molecule has 0 aliphatic carbocycles.